The van der Waals surface area contributed by atoms with E-state index >= 15 is 0 Å². The topological polar surface area (TPSA) is 36.7 Å². The molecule has 1 aromatic heterocycles. The van der Waals surface area contributed by atoms with Crippen molar-refractivity contribution in [3.63, 3.8) is 0 Å². The molecule has 4 heteroatoms. The lowest BCUT2D eigenvalue weighted by Crippen LogP contribution is -2.63. The molecule has 3 fully saturated rings. The van der Waals surface area contributed by atoms with Crippen molar-refractivity contribution in [2.75, 3.05) is 32.7 Å². The highest BCUT2D eigenvalue weighted by molar-refractivity contribution is 5.98. The second-order valence-corrected chi connectivity index (χ2v) is 4.19. The Labute approximate surface area is 88.4 Å². The minimum Gasteiger partial charge on any atom is -0.461 e. The number of fused-ring (bicyclic) bond motifs is 3. The van der Waals surface area contributed by atoms with Gasteiger partial charge in [-0.1, -0.05) is 0 Å². The lowest BCUT2D eigenvalue weighted by molar-refractivity contribution is 0.0145. The van der Waals surface area contributed by atoms with Gasteiger partial charge in [-0.25, -0.2) is 0 Å². The number of Topliss-reactive ketones (excluding diaryl/α,β-unsaturated/α-hetero) is 1. The molecule has 4 heterocycles. The summed E-state index contributed by atoms with van der Waals surface area (Å²) >= 11 is 0. The summed E-state index contributed by atoms with van der Waals surface area (Å²) in [6.07, 6.45) is 1.56. The monoisotopic (exact) mass is 206 g/mol. The van der Waals surface area contributed by atoms with E-state index in [2.05, 4.69) is 9.80 Å². The van der Waals surface area contributed by atoms with Crippen LogP contribution in [0.2, 0.25) is 0 Å². The van der Waals surface area contributed by atoms with Crippen LogP contribution in [0.3, 0.4) is 0 Å². The van der Waals surface area contributed by atoms with Gasteiger partial charge in [0.25, 0.3) is 0 Å². The molecule has 80 valence electrons. The van der Waals surface area contributed by atoms with Crippen LogP contribution in [0.25, 0.3) is 0 Å². The molecule has 1 aromatic rings. The van der Waals surface area contributed by atoms with E-state index in [4.69, 9.17) is 4.42 Å². The molecule has 2 bridgehead atoms. The van der Waals surface area contributed by atoms with Gasteiger partial charge in [0.1, 0.15) is 0 Å². The minimum absolute atomic E-state index is 0.0126. The van der Waals surface area contributed by atoms with E-state index in [1.807, 2.05) is 0 Å². The maximum atomic E-state index is 12.1. The van der Waals surface area contributed by atoms with Gasteiger partial charge in [-0.2, -0.15) is 0 Å². The third kappa shape index (κ3) is 1.50. The lowest BCUT2D eigenvalue weighted by Gasteiger charge is -2.46. The van der Waals surface area contributed by atoms with Crippen molar-refractivity contribution in [2.24, 2.45) is 0 Å². The fourth-order valence-electron chi connectivity index (χ4n) is 2.45. The Hall–Kier alpha value is -1.13. The summed E-state index contributed by atoms with van der Waals surface area (Å²) < 4.78 is 5.16. The summed E-state index contributed by atoms with van der Waals surface area (Å²) in [4.78, 5) is 16.7. The first-order chi connectivity index (χ1) is 7.34. The number of ketones is 1. The van der Waals surface area contributed by atoms with Crippen LogP contribution in [0.1, 0.15) is 10.6 Å². The van der Waals surface area contributed by atoms with E-state index in [1.165, 1.54) is 0 Å². The Bertz CT molecular complexity index is 353. The Kier molecular flexibility index (Phi) is 2.11. The molecule has 0 saturated carbocycles. The molecule has 3 aliphatic heterocycles. The smallest absolute Gasteiger partial charge is 0.216 e. The quantitative estimate of drug-likeness (QED) is 0.659. The lowest BCUT2D eigenvalue weighted by atomic mass is 10.0. The molecule has 0 radical (unpaired) electrons. The Morgan fingerprint density at radius 1 is 1.33 bits per heavy atom. The first kappa shape index (κ1) is 9.12. The standard InChI is InChI=1S/C11H14N2O2/c14-11(10-2-1-7-15-10)9-8-12-3-5-13(9)6-4-12/h1-2,7,9H,3-6,8H2. The Balaban J connectivity index is 1.80. The molecule has 1 unspecified atom stereocenters. The molecular formula is C11H14N2O2. The number of rotatable bonds is 2. The molecule has 0 amide bonds. The number of furan rings is 1. The highest BCUT2D eigenvalue weighted by Gasteiger charge is 2.37. The first-order valence-electron chi connectivity index (χ1n) is 5.39. The predicted molar refractivity (Wildman–Crippen MR) is 54.8 cm³/mol. The van der Waals surface area contributed by atoms with Gasteiger partial charge >= 0.3 is 0 Å². The Morgan fingerprint density at radius 3 is 2.67 bits per heavy atom. The van der Waals surface area contributed by atoms with E-state index in [-0.39, 0.29) is 11.8 Å². The molecule has 0 spiro atoms. The van der Waals surface area contributed by atoms with Gasteiger partial charge in [0.2, 0.25) is 5.78 Å². The van der Waals surface area contributed by atoms with Gasteiger partial charge in [-0.05, 0) is 12.1 Å². The summed E-state index contributed by atoms with van der Waals surface area (Å²) in [5.74, 6) is 0.623. The maximum absolute atomic E-state index is 12.1. The van der Waals surface area contributed by atoms with Crippen LogP contribution in [0.4, 0.5) is 0 Å². The van der Waals surface area contributed by atoms with Gasteiger partial charge in [0, 0.05) is 32.7 Å². The molecule has 15 heavy (non-hydrogen) atoms. The number of carbonyl (C=O) groups is 1. The van der Waals surface area contributed by atoms with Crippen molar-refractivity contribution >= 4 is 5.78 Å². The van der Waals surface area contributed by atoms with Gasteiger partial charge in [-0.3, -0.25) is 14.6 Å². The third-order valence-electron chi connectivity index (χ3n) is 3.35. The second-order valence-electron chi connectivity index (χ2n) is 4.19. The number of hydrogen-bond acceptors (Lipinski definition) is 4. The zero-order chi connectivity index (χ0) is 10.3. The summed E-state index contributed by atoms with van der Waals surface area (Å²) in [5, 5.41) is 0. The average Bonchev–Trinajstić information content (AvgIpc) is 2.83. The summed E-state index contributed by atoms with van der Waals surface area (Å²) in [6.45, 7) is 5.08. The third-order valence-corrected chi connectivity index (χ3v) is 3.35. The first-order valence-corrected chi connectivity index (χ1v) is 5.39. The molecular weight excluding hydrogens is 192 g/mol. The number of hydrogen-bond donors (Lipinski definition) is 0. The summed E-state index contributed by atoms with van der Waals surface area (Å²) in [7, 11) is 0. The Morgan fingerprint density at radius 2 is 2.13 bits per heavy atom. The highest BCUT2D eigenvalue weighted by atomic mass is 16.3. The summed E-state index contributed by atoms with van der Waals surface area (Å²) in [6, 6.07) is 3.53. The average molecular weight is 206 g/mol. The fraction of sp³-hybridized carbons (Fsp3) is 0.545. The molecule has 0 aromatic carbocycles. The molecule has 4 nitrogen and oxygen atoms in total. The number of nitrogens with zero attached hydrogens (tertiary/aromatic N) is 2. The van der Waals surface area contributed by atoms with E-state index in [0.29, 0.717) is 5.76 Å². The van der Waals surface area contributed by atoms with Crippen molar-refractivity contribution < 1.29 is 9.21 Å². The van der Waals surface area contributed by atoms with Gasteiger partial charge in [0.05, 0.1) is 12.3 Å². The van der Waals surface area contributed by atoms with Crippen LogP contribution in [0.5, 0.6) is 0 Å². The number of piperazine rings is 3. The molecule has 3 aliphatic rings. The zero-order valence-corrected chi connectivity index (χ0v) is 8.56. The van der Waals surface area contributed by atoms with Crippen LogP contribution < -0.4 is 0 Å². The number of carbonyl (C=O) groups excluding carboxylic acids is 1. The fourth-order valence-corrected chi connectivity index (χ4v) is 2.45. The van der Waals surface area contributed by atoms with Crippen LogP contribution >= 0.6 is 0 Å². The van der Waals surface area contributed by atoms with Crippen molar-refractivity contribution in [3.8, 4) is 0 Å². The van der Waals surface area contributed by atoms with Crippen molar-refractivity contribution in [2.45, 2.75) is 6.04 Å². The SMILES string of the molecule is O=C(c1ccco1)C1CN2CCN1CC2. The van der Waals surface area contributed by atoms with Crippen LogP contribution in [-0.2, 0) is 0 Å². The van der Waals surface area contributed by atoms with Crippen molar-refractivity contribution in [1.29, 1.82) is 0 Å². The van der Waals surface area contributed by atoms with Crippen LogP contribution in [0.15, 0.2) is 22.8 Å². The molecule has 0 aliphatic carbocycles. The molecule has 1 atom stereocenters. The minimum atomic E-state index is 0.0126. The van der Waals surface area contributed by atoms with Crippen LogP contribution in [-0.4, -0.2) is 54.3 Å². The van der Waals surface area contributed by atoms with E-state index in [9.17, 15) is 4.79 Å². The van der Waals surface area contributed by atoms with Crippen LogP contribution in [0, 0.1) is 0 Å². The normalized spacial score (nSPS) is 34.3. The van der Waals surface area contributed by atoms with Crippen molar-refractivity contribution in [1.82, 2.24) is 9.80 Å². The van der Waals surface area contributed by atoms with E-state index < -0.39 is 0 Å². The zero-order valence-electron chi connectivity index (χ0n) is 8.56. The van der Waals surface area contributed by atoms with Gasteiger partial charge in [0.15, 0.2) is 5.76 Å². The van der Waals surface area contributed by atoms with Gasteiger partial charge < -0.3 is 4.42 Å². The van der Waals surface area contributed by atoms with Gasteiger partial charge in [-0.15, -0.1) is 0 Å². The summed E-state index contributed by atoms with van der Waals surface area (Å²) in [5.41, 5.74) is 0. The van der Waals surface area contributed by atoms with Crippen molar-refractivity contribution in [3.05, 3.63) is 24.2 Å². The van der Waals surface area contributed by atoms with E-state index in [1.54, 1.807) is 18.4 Å². The maximum Gasteiger partial charge on any atom is 0.216 e. The largest absolute Gasteiger partial charge is 0.461 e. The predicted octanol–water partition coefficient (Wildman–Crippen LogP) is 0.462. The molecule has 0 N–H and O–H groups in total. The highest BCUT2D eigenvalue weighted by Crippen LogP contribution is 2.19. The second kappa shape index (κ2) is 3.47. The van der Waals surface area contributed by atoms with E-state index in [0.717, 1.165) is 32.7 Å². The molecule has 4 rings (SSSR count). The molecule has 3 saturated heterocycles.